The van der Waals surface area contributed by atoms with Gasteiger partial charge in [0.2, 0.25) is 0 Å². The number of hydrogen-bond donors (Lipinski definition) is 2. The van der Waals surface area contributed by atoms with Crippen molar-refractivity contribution in [3.05, 3.63) is 48.7 Å². The molecule has 0 amide bonds. The van der Waals surface area contributed by atoms with Gasteiger partial charge in [0.1, 0.15) is 0 Å². The van der Waals surface area contributed by atoms with Gasteiger partial charge in [-0.2, -0.15) is 0 Å². The molecule has 16 heavy (non-hydrogen) atoms. The van der Waals surface area contributed by atoms with E-state index < -0.39 is 0 Å². The van der Waals surface area contributed by atoms with Crippen molar-refractivity contribution in [2.24, 2.45) is 5.73 Å². The molecule has 1 aromatic rings. The van der Waals surface area contributed by atoms with Crippen molar-refractivity contribution in [2.75, 3.05) is 11.2 Å². The average molecular weight is 237 g/mol. The molecule has 0 saturated heterocycles. The minimum absolute atomic E-state index is 0.549. The van der Waals surface area contributed by atoms with Gasteiger partial charge in [0.25, 0.3) is 0 Å². The van der Waals surface area contributed by atoms with E-state index in [0.29, 0.717) is 11.6 Å². The maximum Gasteiger partial charge on any atom is 0.0475 e. The number of nitrogens with one attached hydrogen (secondary N) is 1. The molecule has 3 N–H and O–H groups in total. The monoisotopic (exact) mass is 236 g/mol. The third-order valence-electron chi connectivity index (χ3n) is 2.20. The zero-order chi connectivity index (χ0) is 12.0. The quantitative estimate of drug-likeness (QED) is 0.742. The third-order valence-corrected chi connectivity index (χ3v) is 2.46. The Morgan fingerprint density at radius 2 is 2.00 bits per heavy atom. The first kappa shape index (κ1) is 12.7. The molecule has 1 aromatic carbocycles. The van der Waals surface area contributed by atoms with Gasteiger partial charge in [0.05, 0.1) is 0 Å². The van der Waals surface area contributed by atoms with Crippen LogP contribution in [0.5, 0.6) is 0 Å². The fourth-order valence-corrected chi connectivity index (χ4v) is 1.54. The number of halogens is 1. The van der Waals surface area contributed by atoms with E-state index in [0.717, 1.165) is 29.8 Å². The number of benzene rings is 1. The Kier molecular flexibility index (Phi) is 4.93. The van der Waals surface area contributed by atoms with Gasteiger partial charge in [-0.25, -0.2) is 0 Å². The molecule has 0 radical (unpaired) electrons. The van der Waals surface area contributed by atoms with Gasteiger partial charge in [-0.15, -0.1) is 11.6 Å². The number of rotatable bonds is 6. The Hall–Kier alpha value is -1.41. The van der Waals surface area contributed by atoms with Crippen molar-refractivity contribution in [2.45, 2.75) is 12.8 Å². The van der Waals surface area contributed by atoms with Crippen molar-refractivity contribution < 1.29 is 0 Å². The van der Waals surface area contributed by atoms with Gasteiger partial charge < -0.3 is 11.1 Å². The molecule has 0 bridgehead atoms. The van der Waals surface area contributed by atoms with Crippen LogP contribution in [0, 0.1) is 0 Å². The second kappa shape index (κ2) is 6.23. The van der Waals surface area contributed by atoms with E-state index in [9.17, 15) is 0 Å². The predicted octanol–water partition coefficient (Wildman–Crippen LogP) is 3.56. The van der Waals surface area contributed by atoms with Gasteiger partial charge in [0, 0.05) is 28.5 Å². The van der Waals surface area contributed by atoms with Crippen molar-refractivity contribution >= 4 is 23.0 Å². The lowest BCUT2D eigenvalue weighted by Gasteiger charge is -2.13. The summed E-state index contributed by atoms with van der Waals surface area (Å²) in [5.41, 5.74) is 9.04. The van der Waals surface area contributed by atoms with Crippen LogP contribution >= 0.6 is 11.6 Å². The van der Waals surface area contributed by atoms with Crippen LogP contribution in [0.15, 0.2) is 43.1 Å². The summed E-state index contributed by atoms with van der Waals surface area (Å²) in [5.74, 6) is 0.645. The summed E-state index contributed by atoms with van der Waals surface area (Å²) in [6.45, 7) is 7.69. The smallest absolute Gasteiger partial charge is 0.0475 e. The van der Waals surface area contributed by atoms with Crippen molar-refractivity contribution in [1.29, 1.82) is 0 Å². The van der Waals surface area contributed by atoms with Crippen LogP contribution in [-0.2, 0) is 0 Å². The van der Waals surface area contributed by atoms with Gasteiger partial charge in [0.15, 0.2) is 0 Å². The van der Waals surface area contributed by atoms with Crippen molar-refractivity contribution in [1.82, 2.24) is 0 Å². The molecule has 1 rings (SSSR count). The van der Waals surface area contributed by atoms with Crippen LogP contribution in [0.1, 0.15) is 18.4 Å². The fraction of sp³-hybridized carbons (Fsp3) is 0.231. The highest BCUT2D eigenvalue weighted by Gasteiger charge is 2.03. The van der Waals surface area contributed by atoms with E-state index in [2.05, 4.69) is 18.5 Å². The highest BCUT2D eigenvalue weighted by molar-refractivity contribution is 6.17. The van der Waals surface area contributed by atoms with E-state index in [1.54, 1.807) is 0 Å². The number of alkyl halides is 1. The van der Waals surface area contributed by atoms with Crippen LogP contribution in [0.3, 0.4) is 0 Å². The molecular weight excluding hydrogens is 220 g/mol. The van der Waals surface area contributed by atoms with E-state index in [-0.39, 0.29) is 0 Å². The van der Waals surface area contributed by atoms with Crippen LogP contribution in [0.25, 0.3) is 5.70 Å². The molecule has 0 spiro atoms. The van der Waals surface area contributed by atoms with Gasteiger partial charge >= 0.3 is 0 Å². The summed E-state index contributed by atoms with van der Waals surface area (Å²) < 4.78 is 0. The Bertz CT molecular complexity index is 385. The van der Waals surface area contributed by atoms with Crippen molar-refractivity contribution in [3.63, 3.8) is 0 Å². The molecule has 0 aliphatic carbocycles. The number of nitrogens with two attached hydrogens (primary N) is 1. The third kappa shape index (κ3) is 3.63. The maximum absolute atomic E-state index is 5.71. The van der Waals surface area contributed by atoms with Crippen LogP contribution in [-0.4, -0.2) is 5.88 Å². The Balaban J connectivity index is 2.73. The van der Waals surface area contributed by atoms with Gasteiger partial charge in [-0.05, 0) is 18.9 Å². The highest BCUT2D eigenvalue weighted by atomic mass is 35.5. The summed E-state index contributed by atoms with van der Waals surface area (Å²) >= 11 is 5.63. The van der Waals surface area contributed by atoms with E-state index in [4.69, 9.17) is 17.3 Å². The summed E-state index contributed by atoms with van der Waals surface area (Å²) in [4.78, 5) is 0. The molecule has 3 heteroatoms. The minimum Gasteiger partial charge on any atom is -0.399 e. The first-order valence-corrected chi connectivity index (χ1v) is 5.73. The topological polar surface area (TPSA) is 38.0 Å². The molecule has 2 nitrogen and oxygen atoms in total. The SMILES string of the molecule is C=C(CCCCl)Nc1ccccc1C(=C)N. The fourth-order valence-electron chi connectivity index (χ4n) is 1.41. The summed E-state index contributed by atoms with van der Waals surface area (Å²) in [6, 6.07) is 7.77. The number of para-hydroxylation sites is 1. The van der Waals surface area contributed by atoms with Crippen LogP contribution in [0.2, 0.25) is 0 Å². The number of anilines is 1. The molecule has 0 atom stereocenters. The largest absolute Gasteiger partial charge is 0.399 e. The van der Waals surface area contributed by atoms with E-state index in [1.807, 2.05) is 24.3 Å². The number of hydrogen-bond acceptors (Lipinski definition) is 2. The second-order valence-electron chi connectivity index (χ2n) is 3.59. The molecule has 0 saturated carbocycles. The highest BCUT2D eigenvalue weighted by Crippen LogP contribution is 2.21. The lowest BCUT2D eigenvalue weighted by molar-refractivity contribution is 0.920. The molecular formula is C13H17ClN2. The van der Waals surface area contributed by atoms with Crippen molar-refractivity contribution in [3.8, 4) is 0 Å². The average Bonchev–Trinajstić information content (AvgIpc) is 2.27. The molecule has 0 aliphatic rings. The summed E-state index contributed by atoms with van der Waals surface area (Å²) in [5, 5.41) is 3.23. The standard InChI is InChI=1S/C13H17ClN2/c1-10(6-5-9-14)16-13-8-4-3-7-12(13)11(2)15/h3-4,7-8,16H,1-2,5-6,9,15H2. The second-order valence-corrected chi connectivity index (χ2v) is 3.97. The molecule has 86 valence electrons. The lowest BCUT2D eigenvalue weighted by atomic mass is 10.1. The van der Waals surface area contributed by atoms with Gasteiger partial charge in [-0.1, -0.05) is 31.4 Å². The Morgan fingerprint density at radius 3 is 2.62 bits per heavy atom. The molecule has 0 fully saturated rings. The molecule has 0 aromatic heterocycles. The summed E-state index contributed by atoms with van der Waals surface area (Å²) in [6.07, 6.45) is 1.77. The van der Waals surface area contributed by atoms with E-state index in [1.165, 1.54) is 0 Å². The first-order chi connectivity index (χ1) is 7.65. The Morgan fingerprint density at radius 1 is 1.31 bits per heavy atom. The molecule has 0 heterocycles. The first-order valence-electron chi connectivity index (χ1n) is 5.19. The number of allylic oxidation sites excluding steroid dienone is 1. The zero-order valence-electron chi connectivity index (χ0n) is 9.30. The predicted molar refractivity (Wildman–Crippen MR) is 72.4 cm³/mol. The minimum atomic E-state index is 0.549. The molecule has 0 unspecified atom stereocenters. The summed E-state index contributed by atoms with van der Waals surface area (Å²) in [7, 11) is 0. The Labute approximate surface area is 102 Å². The maximum atomic E-state index is 5.71. The van der Waals surface area contributed by atoms with Gasteiger partial charge in [-0.3, -0.25) is 0 Å². The zero-order valence-corrected chi connectivity index (χ0v) is 10.1. The normalized spacial score (nSPS) is 9.81. The van der Waals surface area contributed by atoms with Crippen LogP contribution in [0.4, 0.5) is 5.69 Å². The molecule has 0 aliphatic heterocycles. The van der Waals surface area contributed by atoms with Crippen LogP contribution < -0.4 is 11.1 Å². The lowest BCUT2D eigenvalue weighted by Crippen LogP contribution is -2.03. The van der Waals surface area contributed by atoms with E-state index >= 15 is 0 Å².